The number of hydrogen-bond acceptors (Lipinski definition) is 6. The number of anilines is 1. The molecule has 1 unspecified atom stereocenters. The topological polar surface area (TPSA) is 92.1 Å². The van der Waals surface area contributed by atoms with Crippen LogP contribution in [0, 0.1) is 11.3 Å². The van der Waals surface area contributed by atoms with Crippen molar-refractivity contribution in [1.82, 2.24) is 4.90 Å². The maximum absolute atomic E-state index is 13.2. The maximum Gasteiger partial charge on any atom is 0.410 e. The quantitative estimate of drug-likeness (QED) is 0.468. The van der Waals surface area contributed by atoms with Gasteiger partial charge in [-0.3, -0.25) is 4.79 Å². The van der Waals surface area contributed by atoms with E-state index in [0.29, 0.717) is 55.3 Å². The predicted molar refractivity (Wildman–Crippen MR) is 142 cm³/mol. The molecule has 2 amide bonds. The summed E-state index contributed by atoms with van der Waals surface area (Å²) in [6, 6.07) is 13.3. The number of para-hydroxylation sites is 2. The van der Waals surface area contributed by atoms with Crippen molar-refractivity contribution < 1.29 is 23.8 Å². The van der Waals surface area contributed by atoms with Gasteiger partial charge >= 0.3 is 6.09 Å². The number of benzene rings is 2. The summed E-state index contributed by atoms with van der Waals surface area (Å²) in [6.45, 7) is 12.6. The second kappa shape index (κ2) is 12.0. The van der Waals surface area contributed by atoms with Crippen molar-refractivity contribution in [3.8, 4) is 17.6 Å². The van der Waals surface area contributed by atoms with Crippen LogP contribution in [0.5, 0.6) is 11.5 Å². The van der Waals surface area contributed by atoms with Crippen LogP contribution in [0.2, 0.25) is 0 Å². The lowest BCUT2D eigenvalue weighted by Crippen LogP contribution is -2.45. The first-order valence-electron chi connectivity index (χ1n) is 12.7. The van der Waals surface area contributed by atoms with Gasteiger partial charge in [0.05, 0.1) is 24.4 Å². The number of fused-ring (bicyclic) bond motifs is 1. The maximum atomic E-state index is 13.2. The summed E-state index contributed by atoms with van der Waals surface area (Å²) in [7, 11) is 0. The fourth-order valence-electron chi connectivity index (χ4n) is 4.49. The molecule has 1 aliphatic rings. The van der Waals surface area contributed by atoms with Crippen molar-refractivity contribution in [3.63, 3.8) is 0 Å². The van der Waals surface area contributed by atoms with E-state index in [1.807, 2.05) is 71.0 Å². The molecule has 0 aliphatic carbocycles. The average Bonchev–Trinajstić information content (AvgIpc) is 3.25. The molecule has 0 saturated carbocycles. The number of amides is 2. The monoisotopic (exact) mass is 507 g/mol. The predicted octanol–water partition coefficient (Wildman–Crippen LogP) is 5.11. The minimum atomic E-state index is -0.644. The number of ether oxygens (including phenoxy) is 3. The van der Waals surface area contributed by atoms with Gasteiger partial charge in [-0.2, -0.15) is 5.26 Å². The van der Waals surface area contributed by atoms with Gasteiger partial charge in [-0.1, -0.05) is 18.2 Å². The Morgan fingerprint density at radius 2 is 1.84 bits per heavy atom. The summed E-state index contributed by atoms with van der Waals surface area (Å²) in [5.41, 5.74) is 2.46. The number of nitrogens with zero attached hydrogens (tertiary/aromatic N) is 3. The van der Waals surface area contributed by atoms with Gasteiger partial charge in [0.2, 0.25) is 5.91 Å². The number of nitriles is 1. The van der Waals surface area contributed by atoms with Crippen LogP contribution in [0.15, 0.2) is 36.4 Å². The number of carbonyl (C=O) groups excluding carboxylic acids is 2. The van der Waals surface area contributed by atoms with Gasteiger partial charge < -0.3 is 24.0 Å². The van der Waals surface area contributed by atoms with Crippen molar-refractivity contribution in [1.29, 1.82) is 5.26 Å². The molecule has 37 heavy (non-hydrogen) atoms. The summed E-state index contributed by atoms with van der Waals surface area (Å²) in [5.74, 6) is 1.20. The summed E-state index contributed by atoms with van der Waals surface area (Å²) >= 11 is 0. The first kappa shape index (κ1) is 27.9. The van der Waals surface area contributed by atoms with Crippen LogP contribution in [0.4, 0.5) is 10.5 Å². The molecular formula is C29H37N3O5. The third kappa shape index (κ3) is 7.16. The third-order valence-electron chi connectivity index (χ3n) is 6.05. The van der Waals surface area contributed by atoms with E-state index in [1.165, 1.54) is 6.92 Å². The van der Waals surface area contributed by atoms with E-state index in [9.17, 15) is 14.9 Å². The Bertz CT molecular complexity index is 1170. The molecule has 0 bridgehead atoms. The second-order valence-electron chi connectivity index (χ2n) is 10.1. The first-order valence-corrected chi connectivity index (χ1v) is 12.7. The van der Waals surface area contributed by atoms with Crippen LogP contribution >= 0.6 is 0 Å². The van der Waals surface area contributed by atoms with Crippen LogP contribution in [-0.4, -0.2) is 54.8 Å². The zero-order valence-corrected chi connectivity index (χ0v) is 22.7. The Kier molecular flexibility index (Phi) is 9.04. The molecule has 2 aromatic rings. The Morgan fingerprint density at radius 1 is 1.16 bits per heavy atom. The lowest BCUT2D eigenvalue weighted by atomic mass is 9.98. The molecular weight excluding hydrogens is 470 g/mol. The van der Waals surface area contributed by atoms with Gasteiger partial charge in [0.1, 0.15) is 18.3 Å². The molecule has 1 aliphatic heterocycles. The average molecular weight is 508 g/mol. The van der Waals surface area contributed by atoms with E-state index < -0.39 is 11.7 Å². The van der Waals surface area contributed by atoms with E-state index in [0.717, 1.165) is 11.1 Å². The van der Waals surface area contributed by atoms with E-state index in [4.69, 9.17) is 14.2 Å². The molecule has 2 aromatic carbocycles. The van der Waals surface area contributed by atoms with E-state index in [2.05, 4.69) is 6.07 Å². The van der Waals surface area contributed by atoms with Gasteiger partial charge in [-0.15, -0.1) is 0 Å². The molecule has 1 atom stereocenters. The van der Waals surface area contributed by atoms with Crippen LogP contribution in [0.1, 0.15) is 58.2 Å². The highest BCUT2D eigenvalue weighted by atomic mass is 16.6. The van der Waals surface area contributed by atoms with E-state index in [-0.39, 0.29) is 18.6 Å². The first-order chi connectivity index (χ1) is 17.5. The summed E-state index contributed by atoms with van der Waals surface area (Å²) in [4.78, 5) is 28.5. The summed E-state index contributed by atoms with van der Waals surface area (Å²) < 4.78 is 17.3. The second-order valence-corrected chi connectivity index (χ2v) is 10.1. The normalized spacial score (nSPS) is 13.4. The molecule has 1 heterocycles. The molecule has 0 spiro atoms. The van der Waals surface area contributed by atoms with Crippen LogP contribution in [-0.2, 0) is 22.4 Å². The van der Waals surface area contributed by atoms with Gasteiger partial charge in [0.25, 0.3) is 0 Å². The summed E-state index contributed by atoms with van der Waals surface area (Å²) in [6.07, 6.45) is 0.803. The largest absolute Gasteiger partial charge is 0.490 e. The Hall–Kier alpha value is -3.73. The lowest BCUT2D eigenvalue weighted by Gasteiger charge is -2.32. The molecule has 198 valence electrons. The van der Waals surface area contributed by atoms with Gasteiger partial charge in [-0.25, -0.2) is 4.79 Å². The zero-order chi connectivity index (χ0) is 27.2. The molecule has 0 radical (unpaired) electrons. The van der Waals surface area contributed by atoms with Crippen molar-refractivity contribution in [2.75, 3.05) is 31.2 Å². The zero-order valence-electron chi connectivity index (χ0n) is 22.7. The van der Waals surface area contributed by atoms with E-state index in [1.54, 1.807) is 9.80 Å². The van der Waals surface area contributed by atoms with Gasteiger partial charge in [-0.05, 0) is 76.8 Å². The highest BCUT2D eigenvalue weighted by Gasteiger charge is 2.29. The van der Waals surface area contributed by atoms with Crippen LogP contribution in [0.25, 0.3) is 0 Å². The SMILES string of the molecule is CCOc1ccccc1OCCN(C(=O)OC(C)(C)C)C(C)Cc1cc(C#N)c2c(c1)CCN2C(C)=O. The molecule has 0 fully saturated rings. The summed E-state index contributed by atoms with van der Waals surface area (Å²) in [5, 5.41) is 9.77. The molecule has 8 nitrogen and oxygen atoms in total. The molecule has 8 heteroatoms. The number of carbonyl (C=O) groups is 2. The molecule has 3 rings (SSSR count). The molecule has 0 aromatic heterocycles. The lowest BCUT2D eigenvalue weighted by molar-refractivity contribution is -0.116. The fraction of sp³-hybridized carbons (Fsp3) is 0.483. The highest BCUT2D eigenvalue weighted by molar-refractivity contribution is 5.95. The molecule has 0 N–H and O–H groups in total. The smallest absolute Gasteiger partial charge is 0.410 e. The van der Waals surface area contributed by atoms with Crippen LogP contribution < -0.4 is 14.4 Å². The highest BCUT2D eigenvalue weighted by Crippen LogP contribution is 2.33. The third-order valence-corrected chi connectivity index (χ3v) is 6.05. The molecule has 0 saturated heterocycles. The number of rotatable bonds is 9. The minimum absolute atomic E-state index is 0.0709. The van der Waals surface area contributed by atoms with Crippen molar-refractivity contribution in [2.45, 2.75) is 66.0 Å². The van der Waals surface area contributed by atoms with Gasteiger partial charge in [0.15, 0.2) is 11.5 Å². The van der Waals surface area contributed by atoms with Crippen molar-refractivity contribution in [3.05, 3.63) is 53.1 Å². The minimum Gasteiger partial charge on any atom is -0.490 e. The Balaban J connectivity index is 1.78. The standard InChI is InChI=1S/C29H37N3O5/c1-7-35-25-10-8-9-11-26(25)36-15-14-31(28(34)37-29(4,5)6)20(2)16-22-17-23-12-13-32(21(3)33)27(23)24(18-22)19-30/h8-11,17-18,20H,7,12-16H2,1-6H3. The van der Waals surface area contributed by atoms with Crippen molar-refractivity contribution >= 4 is 17.7 Å². The fourth-order valence-corrected chi connectivity index (χ4v) is 4.49. The van der Waals surface area contributed by atoms with Crippen molar-refractivity contribution in [2.24, 2.45) is 0 Å². The number of hydrogen-bond donors (Lipinski definition) is 0. The Labute approximate surface area is 219 Å². The Morgan fingerprint density at radius 3 is 2.43 bits per heavy atom. The van der Waals surface area contributed by atoms with E-state index >= 15 is 0 Å². The van der Waals surface area contributed by atoms with Crippen LogP contribution in [0.3, 0.4) is 0 Å². The van der Waals surface area contributed by atoms with Gasteiger partial charge in [0, 0.05) is 19.5 Å².